The van der Waals surface area contributed by atoms with Crippen molar-refractivity contribution in [3.8, 4) is 11.4 Å². The molecule has 23 heavy (non-hydrogen) atoms. The van der Waals surface area contributed by atoms with E-state index in [4.69, 9.17) is 0 Å². The number of aryl methyl sites for hydroxylation is 1. The van der Waals surface area contributed by atoms with Crippen LogP contribution < -0.4 is 0 Å². The van der Waals surface area contributed by atoms with Crippen molar-refractivity contribution in [2.24, 2.45) is 0 Å². The molecule has 0 N–H and O–H groups in total. The Bertz CT molecular complexity index is 1050. The lowest BCUT2D eigenvalue weighted by Gasteiger charge is -2.06. The number of nitro groups is 1. The number of nitro benzene ring substituents is 1. The molecule has 7 nitrogen and oxygen atoms in total. The van der Waals surface area contributed by atoms with Gasteiger partial charge in [-0.25, -0.2) is 4.98 Å². The highest BCUT2D eigenvalue weighted by Crippen LogP contribution is 2.25. The van der Waals surface area contributed by atoms with Gasteiger partial charge in [0.1, 0.15) is 5.82 Å². The molecule has 0 unspecified atom stereocenters. The lowest BCUT2D eigenvalue weighted by atomic mass is 10.2. The van der Waals surface area contributed by atoms with Crippen LogP contribution in [0.15, 0.2) is 48.5 Å². The van der Waals surface area contributed by atoms with Gasteiger partial charge in [0, 0.05) is 23.1 Å². The molecule has 4 rings (SSSR count). The van der Waals surface area contributed by atoms with Crippen LogP contribution in [0.5, 0.6) is 0 Å². The highest BCUT2D eigenvalue weighted by molar-refractivity contribution is 5.92. The number of hydrogen-bond donors (Lipinski definition) is 0. The molecule has 0 saturated heterocycles. The van der Waals surface area contributed by atoms with Gasteiger partial charge in [-0.15, -0.1) is 10.2 Å². The van der Waals surface area contributed by atoms with Crippen molar-refractivity contribution in [2.45, 2.75) is 6.92 Å². The van der Waals surface area contributed by atoms with Crippen molar-refractivity contribution in [3.05, 3.63) is 64.5 Å². The van der Waals surface area contributed by atoms with E-state index in [2.05, 4.69) is 15.2 Å². The number of nitrogens with zero attached hydrogens (tertiary/aromatic N) is 5. The average molecular weight is 305 g/mol. The van der Waals surface area contributed by atoms with Gasteiger partial charge in [-0.2, -0.15) is 0 Å². The highest BCUT2D eigenvalue weighted by Gasteiger charge is 2.15. The summed E-state index contributed by atoms with van der Waals surface area (Å²) in [6, 6.07) is 14.0. The Kier molecular flexibility index (Phi) is 2.80. The Morgan fingerprint density at radius 1 is 1.04 bits per heavy atom. The highest BCUT2D eigenvalue weighted by atomic mass is 16.6. The van der Waals surface area contributed by atoms with E-state index in [9.17, 15) is 10.1 Å². The van der Waals surface area contributed by atoms with Crippen LogP contribution in [0.4, 0.5) is 5.69 Å². The van der Waals surface area contributed by atoms with E-state index in [0.29, 0.717) is 5.82 Å². The average Bonchev–Trinajstić information content (AvgIpc) is 3.01. The third kappa shape index (κ3) is 2.02. The fraction of sp³-hybridized carbons (Fsp3) is 0.0625. The third-order valence-corrected chi connectivity index (χ3v) is 3.75. The molecular weight excluding hydrogens is 294 g/mol. The van der Waals surface area contributed by atoms with Crippen LogP contribution in [-0.4, -0.2) is 24.5 Å². The van der Waals surface area contributed by atoms with Crippen LogP contribution >= 0.6 is 0 Å². The predicted molar refractivity (Wildman–Crippen MR) is 85.1 cm³/mol. The molecule has 0 radical (unpaired) electrons. The van der Waals surface area contributed by atoms with Gasteiger partial charge in [0.15, 0.2) is 11.5 Å². The maximum absolute atomic E-state index is 10.8. The molecule has 4 aromatic rings. The smallest absolute Gasteiger partial charge is 0.262 e. The second kappa shape index (κ2) is 4.84. The first-order valence-electron chi connectivity index (χ1n) is 7.00. The van der Waals surface area contributed by atoms with E-state index in [0.717, 1.165) is 27.9 Å². The number of non-ortho nitro benzene ring substituents is 1. The fourth-order valence-corrected chi connectivity index (χ4v) is 2.67. The normalized spacial score (nSPS) is 11.2. The monoisotopic (exact) mass is 305 g/mol. The topological polar surface area (TPSA) is 86.2 Å². The van der Waals surface area contributed by atoms with Crippen LogP contribution in [0.2, 0.25) is 0 Å². The molecule has 7 heteroatoms. The van der Waals surface area contributed by atoms with Gasteiger partial charge in [0.05, 0.1) is 10.4 Å². The number of fused-ring (bicyclic) bond motifs is 3. The summed E-state index contributed by atoms with van der Waals surface area (Å²) in [6.07, 6.45) is 0. The first kappa shape index (κ1) is 13.3. The summed E-state index contributed by atoms with van der Waals surface area (Å²) >= 11 is 0. The Labute approximate surface area is 130 Å². The number of benzene rings is 2. The maximum atomic E-state index is 10.8. The minimum Gasteiger partial charge on any atom is -0.262 e. The number of hydrogen-bond acceptors (Lipinski definition) is 5. The molecule has 0 spiro atoms. The van der Waals surface area contributed by atoms with E-state index in [1.807, 2.05) is 35.6 Å². The minimum atomic E-state index is -0.425. The fourth-order valence-electron chi connectivity index (χ4n) is 2.67. The summed E-state index contributed by atoms with van der Waals surface area (Å²) in [6.45, 7) is 1.89. The molecule has 0 aliphatic carbocycles. The van der Waals surface area contributed by atoms with E-state index in [1.165, 1.54) is 12.1 Å². The molecular formula is C16H11N5O2. The summed E-state index contributed by atoms with van der Waals surface area (Å²) in [5, 5.41) is 20.2. The zero-order chi connectivity index (χ0) is 16.0. The minimum absolute atomic E-state index is 0.0443. The number of aromatic nitrogens is 4. The number of para-hydroxylation sites is 1. The SMILES string of the molecule is Cc1nc2ccccc2c2nnc(-c3ccc([N+](=O)[O-])cc3)n12. The molecule has 0 atom stereocenters. The molecule has 112 valence electrons. The van der Waals surface area contributed by atoms with Crippen LogP contribution in [0.3, 0.4) is 0 Å². The Balaban J connectivity index is 1.98. The Morgan fingerprint density at radius 3 is 2.52 bits per heavy atom. The molecule has 2 aromatic carbocycles. The first-order chi connectivity index (χ1) is 11.1. The molecule has 0 aliphatic heterocycles. The second-order valence-corrected chi connectivity index (χ2v) is 5.16. The summed E-state index contributed by atoms with van der Waals surface area (Å²) in [5.74, 6) is 1.38. The standard InChI is InChI=1S/C16H11N5O2/c1-10-17-14-5-3-2-4-13(14)16-19-18-15(20(10)16)11-6-8-12(9-7-11)21(22)23/h2-9H,1H3. The van der Waals surface area contributed by atoms with Gasteiger partial charge >= 0.3 is 0 Å². The summed E-state index contributed by atoms with van der Waals surface area (Å²) in [7, 11) is 0. The number of rotatable bonds is 2. The van der Waals surface area contributed by atoms with E-state index in [1.54, 1.807) is 12.1 Å². The zero-order valence-corrected chi connectivity index (χ0v) is 12.2. The summed E-state index contributed by atoms with van der Waals surface area (Å²) in [5.41, 5.74) is 2.38. The Morgan fingerprint density at radius 2 is 1.78 bits per heavy atom. The van der Waals surface area contributed by atoms with Crippen molar-refractivity contribution >= 4 is 22.2 Å². The summed E-state index contributed by atoms with van der Waals surface area (Å²) in [4.78, 5) is 14.9. The molecule has 0 bridgehead atoms. The molecule has 0 fully saturated rings. The van der Waals surface area contributed by atoms with Crippen LogP contribution in [0, 0.1) is 17.0 Å². The van der Waals surface area contributed by atoms with Crippen molar-refractivity contribution in [1.29, 1.82) is 0 Å². The second-order valence-electron chi connectivity index (χ2n) is 5.16. The van der Waals surface area contributed by atoms with Crippen molar-refractivity contribution in [3.63, 3.8) is 0 Å². The molecule has 2 aromatic heterocycles. The van der Waals surface area contributed by atoms with Gasteiger partial charge in [0.2, 0.25) is 0 Å². The third-order valence-electron chi connectivity index (χ3n) is 3.75. The zero-order valence-electron chi connectivity index (χ0n) is 12.2. The van der Waals surface area contributed by atoms with Crippen LogP contribution in [-0.2, 0) is 0 Å². The van der Waals surface area contributed by atoms with Crippen LogP contribution in [0.1, 0.15) is 5.82 Å². The van der Waals surface area contributed by atoms with Gasteiger partial charge < -0.3 is 0 Å². The molecule has 0 aliphatic rings. The van der Waals surface area contributed by atoms with Gasteiger partial charge in [-0.05, 0) is 31.2 Å². The first-order valence-corrected chi connectivity index (χ1v) is 7.00. The largest absolute Gasteiger partial charge is 0.269 e. The van der Waals surface area contributed by atoms with E-state index < -0.39 is 4.92 Å². The van der Waals surface area contributed by atoms with Crippen molar-refractivity contribution < 1.29 is 4.92 Å². The van der Waals surface area contributed by atoms with Gasteiger partial charge in [-0.3, -0.25) is 14.5 Å². The van der Waals surface area contributed by atoms with E-state index >= 15 is 0 Å². The lowest BCUT2D eigenvalue weighted by Crippen LogP contribution is -1.99. The van der Waals surface area contributed by atoms with E-state index in [-0.39, 0.29) is 5.69 Å². The Hall–Kier alpha value is -3.35. The molecule has 0 amide bonds. The van der Waals surface area contributed by atoms with Crippen molar-refractivity contribution in [1.82, 2.24) is 19.6 Å². The quantitative estimate of drug-likeness (QED) is 0.419. The van der Waals surface area contributed by atoms with Crippen LogP contribution in [0.25, 0.3) is 27.9 Å². The molecule has 0 saturated carbocycles. The maximum Gasteiger partial charge on any atom is 0.269 e. The van der Waals surface area contributed by atoms with Gasteiger partial charge in [-0.1, -0.05) is 12.1 Å². The van der Waals surface area contributed by atoms with Crippen molar-refractivity contribution in [2.75, 3.05) is 0 Å². The lowest BCUT2D eigenvalue weighted by molar-refractivity contribution is -0.384. The molecule has 2 heterocycles. The summed E-state index contributed by atoms with van der Waals surface area (Å²) < 4.78 is 1.86. The predicted octanol–water partition coefficient (Wildman–Crippen LogP) is 3.16. The van der Waals surface area contributed by atoms with Gasteiger partial charge in [0.25, 0.3) is 5.69 Å².